The first-order valence-corrected chi connectivity index (χ1v) is 24.8. The number of ether oxygens (including phenoxy) is 2. The van der Waals surface area contributed by atoms with Crippen molar-refractivity contribution in [2.75, 3.05) is 13.2 Å². The minimum Gasteiger partial charge on any atom is -0.462 e. The van der Waals surface area contributed by atoms with Crippen LogP contribution >= 0.6 is 7.82 Å². The van der Waals surface area contributed by atoms with Crippen LogP contribution in [0.3, 0.4) is 0 Å². The molecular formula is C49H85O8P. The van der Waals surface area contributed by atoms with Crippen LogP contribution < -0.4 is 0 Å². The van der Waals surface area contributed by atoms with E-state index in [0.717, 1.165) is 57.8 Å². The van der Waals surface area contributed by atoms with Crippen LogP contribution in [0.5, 0.6) is 0 Å². The zero-order chi connectivity index (χ0) is 42.5. The summed E-state index contributed by atoms with van der Waals surface area (Å²) in [4.78, 5) is 42.9. The summed E-state index contributed by atoms with van der Waals surface area (Å²) in [5.41, 5.74) is 0. The van der Waals surface area contributed by atoms with Gasteiger partial charge in [0.2, 0.25) is 0 Å². The molecule has 58 heavy (non-hydrogen) atoms. The van der Waals surface area contributed by atoms with Gasteiger partial charge in [-0.05, 0) is 51.4 Å². The lowest BCUT2D eigenvalue weighted by atomic mass is 10.0. The molecule has 0 unspecified atom stereocenters. The maximum Gasteiger partial charge on any atom is 0.469 e. The van der Waals surface area contributed by atoms with E-state index in [2.05, 4.69) is 79.1 Å². The van der Waals surface area contributed by atoms with Crippen molar-refractivity contribution < 1.29 is 37.9 Å². The Morgan fingerprint density at radius 1 is 0.466 bits per heavy atom. The zero-order valence-corrected chi connectivity index (χ0v) is 37.8. The number of phosphoric acid groups is 1. The Labute approximate surface area is 355 Å². The molecule has 334 valence electrons. The number of hydrogen-bond donors (Lipinski definition) is 2. The summed E-state index contributed by atoms with van der Waals surface area (Å²) in [6.07, 6.45) is 57.9. The number of carbonyl (C=O) groups is 2. The molecule has 0 spiro atoms. The number of rotatable bonds is 42. The maximum absolute atomic E-state index is 12.4. The maximum atomic E-state index is 12.4. The highest BCUT2D eigenvalue weighted by Gasteiger charge is 2.22. The van der Waals surface area contributed by atoms with Crippen molar-refractivity contribution in [2.45, 2.75) is 213 Å². The van der Waals surface area contributed by atoms with E-state index in [-0.39, 0.29) is 19.4 Å². The van der Waals surface area contributed by atoms with Gasteiger partial charge in [0.1, 0.15) is 6.61 Å². The van der Waals surface area contributed by atoms with E-state index in [1.807, 2.05) is 12.2 Å². The quantitative estimate of drug-likeness (QED) is 0.0270. The highest BCUT2D eigenvalue weighted by atomic mass is 31.2. The van der Waals surface area contributed by atoms with Crippen molar-refractivity contribution in [1.82, 2.24) is 0 Å². The van der Waals surface area contributed by atoms with Crippen LogP contribution in [0.1, 0.15) is 206 Å². The molecule has 0 bridgehead atoms. The highest BCUT2D eigenvalue weighted by Crippen LogP contribution is 2.36. The van der Waals surface area contributed by atoms with Crippen LogP contribution in [0, 0.1) is 0 Å². The highest BCUT2D eigenvalue weighted by molar-refractivity contribution is 7.46. The Kier molecular flexibility index (Phi) is 42.1. The first kappa shape index (κ1) is 55.5. The summed E-state index contributed by atoms with van der Waals surface area (Å²) in [6.45, 7) is 3.53. The van der Waals surface area contributed by atoms with Gasteiger partial charge in [0.25, 0.3) is 0 Å². The Balaban J connectivity index is 3.96. The standard InChI is InChI=1S/C49H85O8P/c1-3-5-7-9-11-13-15-17-19-21-23-24-26-28-30-32-34-36-38-40-42-44-49(51)57-47(46-56-58(52,53)54)45-55-48(50)43-41-39-37-35-33-31-29-27-25-22-20-18-16-14-12-10-8-6-4-2/h6,8,12,14,18,20,25,27,31,33,37,39,47H,3-5,7,9-11,13,15-17,19,21-24,26,28-30,32,34-36,38,40-46H2,1-2H3,(H2,52,53,54)/b8-6+,14-12+,20-18+,27-25+,33-31+,39-37+/t47-/m1/s1. The van der Waals surface area contributed by atoms with E-state index in [0.29, 0.717) is 12.8 Å². The molecule has 1 atom stereocenters. The van der Waals surface area contributed by atoms with Gasteiger partial charge < -0.3 is 19.3 Å². The third-order valence-corrected chi connectivity index (χ3v) is 10.2. The first-order valence-electron chi connectivity index (χ1n) is 23.2. The molecule has 9 heteroatoms. The van der Waals surface area contributed by atoms with Crippen LogP contribution in [0.2, 0.25) is 0 Å². The van der Waals surface area contributed by atoms with Crippen molar-refractivity contribution in [3.8, 4) is 0 Å². The molecule has 2 N–H and O–H groups in total. The second kappa shape index (κ2) is 44.1. The van der Waals surface area contributed by atoms with Crippen molar-refractivity contribution >= 4 is 19.8 Å². The van der Waals surface area contributed by atoms with Gasteiger partial charge >= 0.3 is 19.8 Å². The molecule has 0 heterocycles. The summed E-state index contributed by atoms with van der Waals surface area (Å²) in [5.74, 6) is -0.979. The molecule has 0 aromatic rings. The van der Waals surface area contributed by atoms with E-state index in [9.17, 15) is 14.2 Å². The number of unbranched alkanes of at least 4 members (excludes halogenated alkanes) is 20. The van der Waals surface area contributed by atoms with Gasteiger partial charge in [0.15, 0.2) is 6.10 Å². The van der Waals surface area contributed by atoms with E-state index < -0.39 is 32.5 Å². The SMILES string of the molecule is CC/C=C/C/C=C/C/C=C/C/C=C/C/C=C/C/C=C/CCC(=O)OC[C@H](COP(=O)(O)O)OC(=O)CCCCCCCCCCCCCCCCCCCCCCC. The molecule has 0 saturated carbocycles. The van der Waals surface area contributed by atoms with Gasteiger partial charge in [-0.15, -0.1) is 0 Å². The van der Waals surface area contributed by atoms with E-state index in [1.165, 1.54) is 109 Å². The second-order valence-corrected chi connectivity index (χ2v) is 16.6. The molecule has 0 saturated heterocycles. The van der Waals surface area contributed by atoms with Gasteiger partial charge in [-0.2, -0.15) is 0 Å². The average Bonchev–Trinajstić information content (AvgIpc) is 3.20. The van der Waals surface area contributed by atoms with Gasteiger partial charge in [-0.25, -0.2) is 4.57 Å². The van der Waals surface area contributed by atoms with Crippen molar-refractivity contribution in [2.24, 2.45) is 0 Å². The summed E-state index contributed by atoms with van der Waals surface area (Å²) in [6, 6.07) is 0. The molecular weight excluding hydrogens is 748 g/mol. The van der Waals surface area contributed by atoms with Gasteiger partial charge in [0, 0.05) is 12.8 Å². The smallest absolute Gasteiger partial charge is 0.462 e. The van der Waals surface area contributed by atoms with Crippen LogP contribution in [0.4, 0.5) is 0 Å². The minimum atomic E-state index is -4.78. The number of carbonyl (C=O) groups excluding carboxylic acids is 2. The fourth-order valence-corrected chi connectivity index (χ4v) is 6.70. The van der Waals surface area contributed by atoms with Gasteiger partial charge in [-0.1, -0.05) is 215 Å². The largest absolute Gasteiger partial charge is 0.469 e. The van der Waals surface area contributed by atoms with E-state index in [4.69, 9.17) is 19.3 Å². The Hall–Kier alpha value is -2.51. The van der Waals surface area contributed by atoms with Crippen LogP contribution in [-0.4, -0.2) is 41.0 Å². The minimum absolute atomic E-state index is 0.140. The number of phosphoric ester groups is 1. The molecule has 0 aromatic carbocycles. The fourth-order valence-electron chi connectivity index (χ4n) is 6.34. The van der Waals surface area contributed by atoms with Crippen LogP contribution in [-0.2, 0) is 28.2 Å². The first-order chi connectivity index (χ1) is 28.3. The van der Waals surface area contributed by atoms with Gasteiger partial charge in [-0.3, -0.25) is 14.1 Å². The summed E-state index contributed by atoms with van der Waals surface area (Å²) in [7, 11) is -4.78. The Morgan fingerprint density at radius 3 is 1.21 bits per heavy atom. The molecule has 0 rings (SSSR count). The fraction of sp³-hybridized carbons (Fsp3) is 0.714. The third-order valence-electron chi connectivity index (χ3n) is 9.75. The molecule has 0 radical (unpaired) electrons. The lowest BCUT2D eigenvalue weighted by Gasteiger charge is -2.18. The molecule has 0 fully saturated rings. The number of hydrogen-bond acceptors (Lipinski definition) is 6. The normalized spacial score (nSPS) is 13.1. The molecule has 8 nitrogen and oxygen atoms in total. The average molecular weight is 833 g/mol. The van der Waals surface area contributed by atoms with Crippen molar-refractivity contribution in [1.29, 1.82) is 0 Å². The molecule has 0 aliphatic rings. The zero-order valence-electron chi connectivity index (χ0n) is 36.9. The molecule has 0 amide bonds. The molecule has 0 aliphatic carbocycles. The van der Waals surface area contributed by atoms with E-state index >= 15 is 0 Å². The van der Waals surface area contributed by atoms with Crippen molar-refractivity contribution in [3.05, 3.63) is 72.9 Å². The van der Waals surface area contributed by atoms with E-state index in [1.54, 1.807) is 0 Å². The Morgan fingerprint density at radius 2 is 0.828 bits per heavy atom. The predicted octanol–water partition coefficient (Wildman–Crippen LogP) is 14.6. The predicted molar refractivity (Wildman–Crippen MR) is 244 cm³/mol. The topological polar surface area (TPSA) is 119 Å². The monoisotopic (exact) mass is 833 g/mol. The van der Waals surface area contributed by atoms with Gasteiger partial charge in [0.05, 0.1) is 6.61 Å². The van der Waals surface area contributed by atoms with Crippen LogP contribution in [0.15, 0.2) is 72.9 Å². The summed E-state index contributed by atoms with van der Waals surface area (Å²) in [5, 5.41) is 0. The van der Waals surface area contributed by atoms with Crippen LogP contribution in [0.25, 0.3) is 0 Å². The summed E-state index contributed by atoms with van der Waals surface area (Å²) < 4.78 is 26.4. The number of allylic oxidation sites excluding steroid dienone is 12. The second-order valence-electron chi connectivity index (χ2n) is 15.4. The lowest BCUT2D eigenvalue weighted by Crippen LogP contribution is -2.29. The molecule has 0 aliphatic heterocycles. The number of esters is 2. The molecule has 0 aromatic heterocycles. The summed E-state index contributed by atoms with van der Waals surface area (Å²) >= 11 is 0. The lowest BCUT2D eigenvalue weighted by molar-refractivity contribution is -0.161. The van der Waals surface area contributed by atoms with Crippen molar-refractivity contribution in [3.63, 3.8) is 0 Å². The Bertz CT molecular complexity index is 1170. The third kappa shape index (κ3) is 46.2.